The zero-order valence-electron chi connectivity index (χ0n) is 9.40. The molecule has 0 radical (unpaired) electrons. The molecule has 2 saturated heterocycles. The third-order valence-corrected chi connectivity index (χ3v) is 15.7. The predicted molar refractivity (Wildman–Crippen MR) is 64.2 cm³/mol. The van der Waals surface area contributed by atoms with Gasteiger partial charge in [-0.15, -0.1) is 0 Å². The van der Waals surface area contributed by atoms with Crippen LogP contribution >= 0.6 is 14.6 Å². The van der Waals surface area contributed by atoms with E-state index < -0.39 is 15.6 Å². The van der Waals surface area contributed by atoms with Crippen molar-refractivity contribution in [2.45, 2.75) is 18.3 Å². The third kappa shape index (κ3) is 4.02. The molecule has 0 bridgehead atoms. The summed E-state index contributed by atoms with van der Waals surface area (Å²) in [7, 11) is -5.45. The highest BCUT2D eigenvalue weighted by atomic mass is 32.2. The van der Waals surface area contributed by atoms with Crippen molar-refractivity contribution in [3.05, 3.63) is 0 Å². The van der Waals surface area contributed by atoms with Crippen LogP contribution in [0.2, 0.25) is 0 Å². The van der Waals surface area contributed by atoms with Gasteiger partial charge in [-0.3, -0.25) is 0 Å². The van der Waals surface area contributed by atoms with Gasteiger partial charge in [0, 0.05) is 19.3 Å². The predicted octanol–water partition coefficient (Wildman–Crippen LogP) is 2.89. The first-order valence-corrected chi connectivity index (χ1v) is 11.6. The van der Waals surface area contributed by atoms with E-state index in [0.29, 0.717) is 7.61 Å². The van der Waals surface area contributed by atoms with Crippen LogP contribution in [0, 0.1) is 0 Å². The van der Waals surface area contributed by atoms with Gasteiger partial charge in [-0.2, -0.15) is 13.2 Å². The Morgan fingerprint density at radius 2 is 1.53 bits per heavy atom. The molecule has 2 rings (SSSR count). The number of fused-ring (bicyclic) bond motifs is 1. The summed E-state index contributed by atoms with van der Waals surface area (Å²) in [6.45, 7) is 2.42. The molecule has 2 aliphatic heterocycles. The molecule has 0 aliphatic carbocycles. The number of rotatable bonds is 0. The van der Waals surface area contributed by atoms with Gasteiger partial charge in [0.25, 0.3) is 0 Å². The zero-order chi connectivity index (χ0) is 13.3. The highest BCUT2D eigenvalue weighted by Gasteiger charge is 2.49. The first kappa shape index (κ1) is 15.6. The van der Waals surface area contributed by atoms with E-state index in [-0.39, 0.29) is 6.95 Å². The average molecular weight is 310 g/mol. The fraction of sp³-hybridized carbons (Fsp3) is 1.00. The summed E-state index contributed by atoms with van der Waals surface area (Å²) in [6, 6.07) is 0. The third-order valence-electron chi connectivity index (χ3n) is 3.08. The molecule has 0 atom stereocenters. The van der Waals surface area contributed by atoms with Crippen molar-refractivity contribution in [3.63, 3.8) is 0 Å². The fourth-order valence-corrected chi connectivity index (χ4v) is 13.7. The van der Waals surface area contributed by atoms with Crippen LogP contribution in [0.15, 0.2) is 0 Å². The maximum Gasteiger partial charge on any atom is 0.485 e. The molecule has 2 heterocycles. The highest BCUT2D eigenvalue weighted by Crippen LogP contribution is 2.89. The van der Waals surface area contributed by atoms with Gasteiger partial charge < -0.3 is 4.55 Å². The Kier molecular flexibility index (Phi) is 4.85. The Bertz CT molecular complexity index is 359. The highest BCUT2D eigenvalue weighted by molar-refractivity contribution is 8.39. The Morgan fingerprint density at radius 1 is 1.18 bits per heavy atom. The number of alkyl halides is 3. The minimum absolute atomic E-state index is 0.216. The summed E-state index contributed by atoms with van der Waals surface area (Å²) in [4.78, 5) is 0. The van der Waals surface area contributed by atoms with Crippen LogP contribution in [-0.4, -0.2) is 49.8 Å². The summed E-state index contributed by atoms with van der Waals surface area (Å²) in [5.74, 6) is 0. The van der Waals surface area contributed by atoms with Crippen LogP contribution in [-0.2, 0) is 10.1 Å². The van der Waals surface area contributed by atoms with Crippen molar-refractivity contribution in [2.24, 2.45) is 0 Å². The van der Waals surface area contributed by atoms with Gasteiger partial charge in [0.05, 0.1) is 26.6 Å². The van der Waals surface area contributed by atoms with Gasteiger partial charge >= 0.3 is 5.51 Å². The first-order valence-electron chi connectivity index (χ1n) is 5.18. The molecule has 0 unspecified atom stereocenters. The van der Waals surface area contributed by atoms with Gasteiger partial charge in [-0.25, -0.2) is 8.42 Å². The minimum atomic E-state index is -6.09. The lowest BCUT2D eigenvalue weighted by molar-refractivity contribution is -0.0517. The first-order chi connectivity index (χ1) is 7.56. The number of halogens is 3. The van der Waals surface area contributed by atoms with Crippen molar-refractivity contribution in [1.82, 2.24) is 0 Å². The minimum Gasteiger partial charge on any atom is -0.741 e. The summed E-state index contributed by atoms with van der Waals surface area (Å²) in [5.41, 5.74) is -5.65. The summed E-state index contributed by atoms with van der Waals surface area (Å²) in [5, 5.41) is 0. The van der Waals surface area contributed by atoms with Gasteiger partial charge in [0.15, 0.2) is 10.1 Å². The van der Waals surface area contributed by atoms with E-state index in [2.05, 4.69) is 6.66 Å². The summed E-state index contributed by atoms with van der Waals surface area (Å²) < 4.78 is 58.9. The second-order valence-corrected chi connectivity index (χ2v) is 15.8. The smallest absolute Gasteiger partial charge is 0.485 e. The lowest BCUT2D eigenvalue weighted by atomic mass is 10.5. The largest absolute Gasteiger partial charge is 0.741 e. The normalized spacial score (nSPS) is 32.9. The zero-order valence-corrected chi connectivity index (χ0v) is 12.0. The summed E-state index contributed by atoms with van der Waals surface area (Å²) in [6.07, 6.45) is 9.82. The molecule has 102 valence electrons. The topological polar surface area (TPSA) is 57.2 Å². The van der Waals surface area contributed by atoms with Crippen LogP contribution in [0.3, 0.4) is 0 Å². The van der Waals surface area contributed by atoms with Crippen LogP contribution in [0.4, 0.5) is 13.2 Å². The molecule has 9 heteroatoms. The molecular formula is C8H15F3O3P2S. The maximum absolute atomic E-state index is 10.7. The van der Waals surface area contributed by atoms with E-state index in [4.69, 9.17) is 13.0 Å². The van der Waals surface area contributed by atoms with E-state index in [1.54, 1.807) is 37.5 Å². The Balaban J connectivity index is 0.000000172. The Labute approximate surface area is 101 Å². The molecule has 0 aromatic heterocycles. The molecule has 0 saturated carbocycles. The van der Waals surface area contributed by atoms with Crippen LogP contribution in [0.25, 0.3) is 0 Å². The monoisotopic (exact) mass is 310 g/mol. The molecular weight excluding hydrogens is 295 g/mol. The quantitative estimate of drug-likeness (QED) is 0.393. The van der Waals surface area contributed by atoms with Crippen molar-refractivity contribution in [3.8, 4) is 0 Å². The molecule has 0 spiro atoms. The number of hydrogen-bond donors (Lipinski definition) is 0. The molecule has 2 aliphatic rings. The van der Waals surface area contributed by atoms with Crippen LogP contribution in [0.5, 0.6) is 0 Å². The molecule has 17 heavy (non-hydrogen) atoms. The van der Waals surface area contributed by atoms with E-state index in [0.717, 1.165) is 0 Å². The Morgan fingerprint density at radius 3 is 1.76 bits per heavy atom. The summed E-state index contributed by atoms with van der Waals surface area (Å²) >= 11 is 0. The van der Waals surface area contributed by atoms with Gasteiger partial charge in [0.1, 0.15) is 0 Å². The fourth-order valence-electron chi connectivity index (χ4n) is 2.18. The van der Waals surface area contributed by atoms with Crippen molar-refractivity contribution >= 4 is 24.7 Å². The SMILES string of the molecule is C[P+]12CCCP1CCC2.O=S(=O)([O-])C(F)(F)F. The lowest BCUT2D eigenvalue weighted by Crippen LogP contribution is -2.21. The van der Waals surface area contributed by atoms with Crippen molar-refractivity contribution < 1.29 is 26.1 Å². The molecule has 0 amide bonds. The van der Waals surface area contributed by atoms with E-state index in [1.165, 1.54) is 0 Å². The van der Waals surface area contributed by atoms with Crippen molar-refractivity contribution in [2.75, 3.05) is 31.3 Å². The molecule has 0 aromatic carbocycles. The Hall–Kier alpha value is 0.560. The average Bonchev–Trinajstić information content (AvgIpc) is 2.58. The van der Waals surface area contributed by atoms with Gasteiger partial charge in [0.2, 0.25) is 0 Å². The van der Waals surface area contributed by atoms with E-state index in [9.17, 15) is 13.2 Å². The standard InChI is InChI=1S/C7H15P2.CHF3O3S/c1-9-6-2-4-8(9)5-3-7-9;2-1(3,4)8(5,6)7/h2-7H2,1H3;(H,5,6,7)/q+1;/p-1. The van der Waals surface area contributed by atoms with Crippen LogP contribution in [0.1, 0.15) is 12.8 Å². The molecule has 2 fully saturated rings. The van der Waals surface area contributed by atoms with E-state index >= 15 is 0 Å². The number of hydrogen-bond acceptors (Lipinski definition) is 3. The molecule has 3 nitrogen and oxygen atoms in total. The second kappa shape index (κ2) is 5.28. The van der Waals surface area contributed by atoms with Gasteiger partial charge in [-0.1, -0.05) is 0 Å². The van der Waals surface area contributed by atoms with Crippen LogP contribution < -0.4 is 0 Å². The molecule has 0 N–H and O–H groups in total. The molecule has 0 aromatic rings. The van der Waals surface area contributed by atoms with Crippen molar-refractivity contribution in [1.29, 1.82) is 0 Å². The lowest BCUT2D eigenvalue weighted by Gasteiger charge is -2.14. The van der Waals surface area contributed by atoms with Gasteiger partial charge in [-0.05, 0) is 12.8 Å². The van der Waals surface area contributed by atoms with E-state index in [1.807, 2.05) is 0 Å². The maximum atomic E-state index is 10.7. The second-order valence-electron chi connectivity index (χ2n) is 4.35.